The normalized spacial score (nSPS) is 22.6. The van der Waals surface area contributed by atoms with E-state index in [0.29, 0.717) is 19.3 Å². The molecule has 1 aromatic rings. The maximum absolute atomic E-state index is 13.0. The van der Waals surface area contributed by atoms with E-state index >= 15 is 0 Å². The van der Waals surface area contributed by atoms with Gasteiger partial charge in [-0.25, -0.2) is 8.78 Å². The second-order valence-corrected chi connectivity index (χ2v) is 5.80. The molecule has 2 N–H and O–H groups in total. The van der Waals surface area contributed by atoms with Crippen molar-refractivity contribution in [1.29, 1.82) is 0 Å². The van der Waals surface area contributed by atoms with Crippen molar-refractivity contribution in [2.24, 2.45) is 0 Å². The molecule has 1 aliphatic heterocycles. The van der Waals surface area contributed by atoms with Gasteiger partial charge in [-0.1, -0.05) is 0 Å². The van der Waals surface area contributed by atoms with Gasteiger partial charge in [0, 0.05) is 37.3 Å². The monoisotopic (exact) mass is 314 g/mol. The van der Waals surface area contributed by atoms with Crippen LogP contribution in [0, 0.1) is 0 Å². The number of aromatic nitrogens is 2. The molecule has 0 saturated carbocycles. The zero-order chi connectivity index (χ0) is 16.2. The van der Waals surface area contributed by atoms with Crippen LogP contribution in [0.15, 0.2) is 18.5 Å². The van der Waals surface area contributed by atoms with Gasteiger partial charge in [0.2, 0.25) is 11.8 Å². The van der Waals surface area contributed by atoms with Crippen molar-refractivity contribution in [3.05, 3.63) is 18.5 Å². The van der Waals surface area contributed by atoms with E-state index in [1.807, 2.05) is 6.92 Å². The van der Waals surface area contributed by atoms with Crippen molar-refractivity contribution in [3.8, 4) is 0 Å². The molecular formula is C14H20F2N4O2. The van der Waals surface area contributed by atoms with Crippen molar-refractivity contribution in [2.45, 2.75) is 50.6 Å². The van der Waals surface area contributed by atoms with Crippen LogP contribution >= 0.6 is 0 Å². The van der Waals surface area contributed by atoms with Gasteiger partial charge >= 0.3 is 0 Å². The molecule has 1 saturated heterocycles. The largest absolute Gasteiger partial charge is 0.354 e. The highest BCUT2D eigenvalue weighted by atomic mass is 19.3. The fourth-order valence-corrected chi connectivity index (χ4v) is 2.51. The van der Waals surface area contributed by atoms with Crippen molar-refractivity contribution in [2.75, 3.05) is 6.54 Å². The van der Waals surface area contributed by atoms with Crippen LogP contribution in [-0.2, 0) is 9.59 Å². The second kappa shape index (κ2) is 6.85. The Hall–Kier alpha value is -1.99. The summed E-state index contributed by atoms with van der Waals surface area (Å²) in [6, 6.07) is 0.376. The highest BCUT2D eigenvalue weighted by Crippen LogP contribution is 2.24. The Morgan fingerprint density at radius 1 is 1.59 bits per heavy atom. The lowest BCUT2D eigenvalue weighted by Gasteiger charge is -2.23. The summed E-state index contributed by atoms with van der Waals surface area (Å²) >= 11 is 0. The van der Waals surface area contributed by atoms with Crippen molar-refractivity contribution >= 4 is 11.8 Å². The minimum absolute atomic E-state index is 0.0145. The van der Waals surface area contributed by atoms with Gasteiger partial charge in [0.05, 0.1) is 0 Å². The van der Waals surface area contributed by atoms with Gasteiger partial charge < -0.3 is 10.6 Å². The maximum Gasteiger partial charge on any atom is 0.262 e. The number of hydrogen-bond donors (Lipinski definition) is 2. The van der Waals surface area contributed by atoms with Gasteiger partial charge in [-0.05, 0) is 25.8 Å². The van der Waals surface area contributed by atoms with Crippen molar-refractivity contribution < 1.29 is 18.4 Å². The molecule has 8 heteroatoms. The average molecular weight is 314 g/mol. The topological polar surface area (TPSA) is 76.0 Å². The van der Waals surface area contributed by atoms with E-state index in [1.165, 1.54) is 12.4 Å². The predicted octanol–water partition coefficient (Wildman–Crippen LogP) is 1.25. The lowest BCUT2D eigenvalue weighted by Crippen LogP contribution is -2.40. The first kappa shape index (κ1) is 16.4. The lowest BCUT2D eigenvalue weighted by atomic mass is 9.94. The molecule has 0 bridgehead atoms. The smallest absolute Gasteiger partial charge is 0.262 e. The van der Waals surface area contributed by atoms with Crippen LogP contribution in [0.2, 0.25) is 0 Å². The van der Waals surface area contributed by atoms with Crippen LogP contribution in [-0.4, -0.2) is 40.1 Å². The highest BCUT2D eigenvalue weighted by molar-refractivity contribution is 5.80. The van der Waals surface area contributed by atoms with Gasteiger partial charge in [0.15, 0.2) is 0 Å². The van der Waals surface area contributed by atoms with Crippen LogP contribution in [0.25, 0.3) is 0 Å². The molecule has 0 aromatic carbocycles. The van der Waals surface area contributed by atoms with Gasteiger partial charge in [-0.2, -0.15) is 5.10 Å². The number of carbonyl (C=O) groups is 2. The number of nitrogens with zero attached hydrogens (tertiary/aromatic N) is 2. The summed E-state index contributed by atoms with van der Waals surface area (Å²) in [5.74, 6) is -0.320. The van der Waals surface area contributed by atoms with E-state index in [0.717, 1.165) is 4.68 Å². The summed E-state index contributed by atoms with van der Waals surface area (Å²) in [6.07, 6.45) is 2.07. The zero-order valence-corrected chi connectivity index (χ0v) is 12.4. The van der Waals surface area contributed by atoms with Crippen LogP contribution in [0.1, 0.15) is 38.6 Å². The van der Waals surface area contributed by atoms with Crippen molar-refractivity contribution in [3.63, 3.8) is 0 Å². The van der Waals surface area contributed by atoms with Gasteiger partial charge in [-0.3, -0.25) is 14.3 Å². The summed E-state index contributed by atoms with van der Waals surface area (Å²) in [5.41, 5.74) is -0.376. The van der Waals surface area contributed by atoms with E-state index in [9.17, 15) is 18.4 Å². The second-order valence-electron chi connectivity index (χ2n) is 5.80. The Kier molecular flexibility index (Phi) is 5.10. The zero-order valence-electron chi connectivity index (χ0n) is 12.4. The Labute approximate surface area is 127 Å². The predicted molar refractivity (Wildman–Crippen MR) is 75.3 cm³/mol. The summed E-state index contributed by atoms with van der Waals surface area (Å²) in [6.45, 7) is 1.71. The molecule has 0 radical (unpaired) electrons. The molecule has 122 valence electrons. The number of alkyl halides is 2. The highest BCUT2D eigenvalue weighted by Gasteiger charge is 2.33. The number of halogens is 2. The SMILES string of the molecule is CC1(CCC(=O)NCC(C(F)F)n2cccn2)CCC(=O)N1. The third kappa shape index (κ3) is 4.25. The van der Waals surface area contributed by atoms with E-state index in [1.54, 1.807) is 6.07 Å². The first-order valence-electron chi connectivity index (χ1n) is 7.25. The van der Waals surface area contributed by atoms with Crippen LogP contribution in [0.3, 0.4) is 0 Å². The number of carbonyl (C=O) groups excluding carboxylic acids is 2. The number of rotatable bonds is 7. The quantitative estimate of drug-likeness (QED) is 0.795. The van der Waals surface area contributed by atoms with Gasteiger partial charge in [0.25, 0.3) is 6.43 Å². The minimum Gasteiger partial charge on any atom is -0.354 e. The fraction of sp³-hybridized carbons (Fsp3) is 0.643. The van der Waals surface area contributed by atoms with Crippen molar-refractivity contribution in [1.82, 2.24) is 20.4 Å². The molecular weight excluding hydrogens is 294 g/mol. The van der Waals surface area contributed by atoms with E-state index in [4.69, 9.17) is 0 Å². The molecule has 0 aliphatic carbocycles. The Balaban J connectivity index is 1.78. The van der Waals surface area contributed by atoms with Crippen LogP contribution < -0.4 is 10.6 Å². The number of amides is 2. The molecule has 1 aliphatic rings. The lowest BCUT2D eigenvalue weighted by molar-refractivity contribution is -0.123. The summed E-state index contributed by atoms with van der Waals surface area (Å²) in [7, 11) is 0. The third-order valence-electron chi connectivity index (χ3n) is 3.91. The average Bonchev–Trinajstić information content (AvgIpc) is 3.07. The first-order chi connectivity index (χ1) is 10.4. The summed E-state index contributed by atoms with van der Waals surface area (Å²) in [5, 5.41) is 9.13. The molecule has 22 heavy (non-hydrogen) atoms. The molecule has 2 unspecified atom stereocenters. The summed E-state index contributed by atoms with van der Waals surface area (Å²) < 4.78 is 27.1. The molecule has 0 spiro atoms. The van der Waals surface area contributed by atoms with E-state index in [-0.39, 0.29) is 30.3 Å². The van der Waals surface area contributed by atoms with Gasteiger partial charge in [-0.15, -0.1) is 0 Å². The Morgan fingerprint density at radius 3 is 2.91 bits per heavy atom. The molecule has 6 nitrogen and oxygen atoms in total. The number of hydrogen-bond acceptors (Lipinski definition) is 3. The van der Waals surface area contributed by atoms with Crippen LogP contribution in [0.4, 0.5) is 8.78 Å². The molecule has 2 heterocycles. The first-order valence-corrected chi connectivity index (χ1v) is 7.25. The summed E-state index contributed by atoms with van der Waals surface area (Å²) in [4.78, 5) is 23.0. The Bertz CT molecular complexity index is 521. The van der Waals surface area contributed by atoms with E-state index < -0.39 is 12.5 Å². The van der Waals surface area contributed by atoms with Gasteiger partial charge in [0.1, 0.15) is 6.04 Å². The molecule has 2 rings (SSSR count). The third-order valence-corrected chi connectivity index (χ3v) is 3.91. The standard InChI is InChI=1S/C14H20F2N4O2/c1-14(6-4-12(22)19-14)5-3-11(21)17-9-10(13(15)16)20-8-2-7-18-20/h2,7-8,10,13H,3-6,9H2,1H3,(H,17,21)(H,19,22). The van der Waals surface area contributed by atoms with Crippen LogP contribution in [0.5, 0.6) is 0 Å². The molecule has 2 amide bonds. The van der Waals surface area contributed by atoms with E-state index in [2.05, 4.69) is 15.7 Å². The maximum atomic E-state index is 13.0. The molecule has 1 fully saturated rings. The Morgan fingerprint density at radius 2 is 2.36 bits per heavy atom. The fourth-order valence-electron chi connectivity index (χ4n) is 2.51. The molecule has 1 aromatic heterocycles. The molecule has 2 atom stereocenters. The minimum atomic E-state index is -2.62. The number of nitrogens with one attached hydrogen (secondary N) is 2.